The molecule has 2 N–H and O–H groups in total. The van der Waals surface area contributed by atoms with Crippen LogP contribution in [0.15, 0.2) is 53.0 Å². The molecule has 0 spiro atoms. The van der Waals surface area contributed by atoms with Crippen molar-refractivity contribution in [1.29, 1.82) is 0 Å². The van der Waals surface area contributed by atoms with E-state index in [2.05, 4.69) is 15.2 Å². The summed E-state index contributed by atoms with van der Waals surface area (Å²) >= 11 is 3.01. The van der Waals surface area contributed by atoms with Crippen LogP contribution in [0.5, 0.6) is 5.75 Å². The Morgan fingerprint density at radius 1 is 1.23 bits per heavy atom. The van der Waals surface area contributed by atoms with Gasteiger partial charge in [0.2, 0.25) is 5.16 Å². The zero-order chi connectivity index (χ0) is 15.2. The van der Waals surface area contributed by atoms with E-state index in [9.17, 15) is 5.11 Å². The SMILES string of the molecule is OC(COc1ccccc1)CSc1n[nH]c(-c2cccs2)n1. The number of para-hydroxylation sites is 1. The van der Waals surface area contributed by atoms with Crippen LogP contribution >= 0.6 is 23.1 Å². The molecule has 114 valence electrons. The van der Waals surface area contributed by atoms with Gasteiger partial charge in [0.25, 0.3) is 0 Å². The number of nitrogens with one attached hydrogen (secondary N) is 1. The minimum atomic E-state index is -0.575. The number of thioether (sulfide) groups is 1. The number of aliphatic hydroxyl groups is 1. The number of aromatic amines is 1. The number of rotatable bonds is 7. The summed E-state index contributed by atoms with van der Waals surface area (Å²) in [5.74, 6) is 1.99. The van der Waals surface area contributed by atoms with Crippen LogP contribution < -0.4 is 4.74 Å². The smallest absolute Gasteiger partial charge is 0.208 e. The predicted molar refractivity (Wildman–Crippen MR) is 88.4 cm³/mol. The maximum Gasteiger partial charge on any atom is 0.208 e. The van der Waals surface area contributed by atoms with Gasteiger partial charge in [0.15, 0.2) is 5.82 Å². The van der Waals surface area contributed by atoms with Crippen LogP contribution in [0.2, 0.25) is 0 Å². The number of ether oxygens (including phenoxy) is 1. The molecule has 3 rings (SSSR count). The summed E-state index contributed by atoms with van der Waals surface area (Å²) in [5.41, 5.74) is 0. The Morgan fingerprint density at radius 3 is 2.86 bits per heavy atom. The third kappa shape index (κ3) is 4.09. The molecular formula is C15H15N3O2S2. The Labute approximate surface area is 136 Å². The topological polar surface area (TPSA) is 71.0 Å². The first-order valence-corrected chi connectivity index (χ1v) is 8.63. The monoisotopic (exact) mass is 333 g/mol. The normalized spacial score (nSPS) is 12.2. The fraction of sp³-hybridized carbons (Fsp3) is 0.200. The fourth-order valence-corrected chi connectivity index (χ4v) is 3.13. The quantitative estimate of drug-likeness (QED) is 0.650. The second-order valence-electron chi connectivity index (χ2n) is 4.53. The van der Waals surface area contributed by atoms with Gasteiger partial charge >= 0.3 is 0 Å². The number of benzene rings is 1. The molecule has 0 aliphatic rings. The molecule has 3 aromatic rings. The van der Waals surface area contributed by atoms with Gasteiger partial charge in [0, 0.05) is 5.75 Å². The summed E-state index contributed by atoms with van der Waals surface area (Å²) in [6, 6.07) is 13.4. The third-order valence-electron chi connectivity index (χ3n) is 2.81. The van der Waals surface area contributed by atoms with Gasteiger partial charge < -0.3 is 9.84 Å². The lowest BCUT2D eigenvalue weighted by atomic mass is 10.3. The van der Waals surface area contributed by atoms with Gasteiger partial charge in [-0.1, -0.05) is 36.0 Å². The first-order valence-electron chi connectivity index (χ1n) is 6.76. The van der Waals surface area contributed by atoms with Crippen molar-refractivity contribution in [2.24, 2.45) is 0 Å². The Balaban J connectivity index is 1.46. The Hall–Kier alpha value is -1.83. The molecule has 2 aromatic heterocycles. The van der Waals surface area contributed by atoms with Crippen LogP contribution in [0.3, 0.4) is 0 Å². The summed E-state index contributed by atoms with van der Waals surface area (Å²) in [6.45, 7) is 0.249. The number of nitrogens with zero attached hydrogens (tertiary/aromatic N) is 2. The minimum Gasteiger partial charge on any atom is -0.491 e. The maximum atomic E-state index is 9.95. The second kappa shape index (κ2) is 7.44. The van der Waals surface area contributed by atoms with Gasteiger partial charge in [-0.25, -0.2) is 4.98 Å². The summed E-state index contributed by atoms with van der Waals surface area (Å²) in [5, 5.41) is 19.6. The molecular weight excluding hydrogens is 318 g/mol. The first kappa shape index (κ1) is 15.1. The largest absolute Gasteiger partial charge is 0.491 e. The summed E-state index contributed by atoms with van der Waals surface area (Å²) in [6.07, 6.45) is -0.575. The molecule has 5 nitrogen and oxygen atoms in total. The molecule has 7 heteroatoms. The minimum absolute atomic E-state index is 0.249. The maximum absolute atomic E-state index is 9.95. The average molecular weight is 333 g/mol. The van der Waals surface area contributed by atoms with Gasteiger partial charge in [-0.2, -0.15) is 0 Å². The van der Waals surface area contributed by atoms with E-state index in [1.54, 1.807) is 11.3 Å². The second-order valence-corrected chi connectivity index (χ2v) is 6.47. The van der Waals surface area contributed by atoms with E-state index in [-0.39, 0.29) is 6.61 Å². The van der Waals surface area contributed by atoms with Gasteiger partial charge in [-0.15, -0.1) is 16.4 Å². The van der Waals surface area contributed by atoms with Crippen molar-refractivity contribution in [2.75, 3.05) is 12.4 Å². The molecule has 0 saturated carbocycles. The molecule has 0 amide bonds. The predicted octanol–water partition coefficient (Wildman–Crippen LogP) is 3.07. The lowest BCUT2D eigenvalue weighted by molar-refractivity contribution is 0.126. The Kier molecular flexibility index (Phi) is 5.10. The highest BCUT2D eigenvalue weighted by Crippen LogP contribution is 2.23. The van der Waals surface area contributed by atoms with Crippen LogP contribution in [-0.2, 0) is 0 Å². The van der Waals surface area contributed by atoms with Gasteiger partial charge in [-0.3, -0.25) is 5.10 Å². The molecule has 0 saturated heterocycles. The van der Waals surface area contributed by atoms with E-state index in [0.717, 1.165) is 16.5 Å². The van der Waals surface area contributed by atoms with E-state index < -0.39 is 6.10 Å². The van der Waals surface area contributed by atoms with Crippen molar-refractivity contribution in [3.8, 4) is 16.5 Å². The first-order chi connectivity index (χ1) is 10.8. The zero-order valence-corrected chi connectivity index (χ0v) is 13.3. The van der Waals surface area contributed by atoms with Gasteiger partial charge in [0.05, 0.1) is 11.0 Å². The van der Waals surface area contributed by atoms with E-state index in [0.29, 0.717) is 10.9 Å². The van der Waals surface area contributed by atoms with Crippen molar-refractivity contribution in [2.45, 2.75) is 11.3 Å². The number of hydrogen-bond donors (Lipinski definition) is 2. The zero-order valence-electron chi connectivity index (χ0n) is 11.7. The Morgan fingerprint density at radius 2 is 2.09 bits per heavy atom. The van der Waals surface area contributed by atoms with Crippen molar-refractivity contribution in [1.82, 2.24) is 15.2 Å². The van der Waals surface area contributed by atoms with Crippen molar-refractivity contribution in [3.63, 3.8) is 0 Å². The molecule has 0 aliphatic carbocycles. The van der Waals surface area contributed by atoms with Crippen molar-refractivity contribution in [3.05, 3.63) is 47.8 Å². The van der Waals surface area contributed by atoms with Crippen LogP contribution in [0.25, 0.3) is 10.7 Å². The molecule has 2 heterocycles. The van der Waals surface area contributed by atoms with Crippen molar-refractivity contribution >= 4 is 23.1 Å². The molecule has 0 radical (unpaired) electrons. The molecule has 1 aromatic carbocycles. The van der Waals surface area contributed by atoms with Gasteiger partial charge in [0.1, 0.15) is 12.4 Å². The fourth-order valence-electron chi connectivity index (χ4n) is 1.76. The Bertz CT molecular complexity index is 686. The highest BCUT2D eigenvalue weighted by Gasteiger charge is 2.11. The summed E-state index contributed by atoms with van der Waals surface area (Å²) < 4.78 is 5.51. The number of H-pyrrole nitrogens is 1. The lowest BCUT2D eigenvalue weighted by Gasteiger charge is -2.10. The molecule has 1 atom stereocenters. The van der Waals surface area contributed by atoms with E-state index in [4.69, 9.17) is 4.74 Å². The molecule has 22 heavy (non-hydrogen) atoms. The summed E-state index contributed by atoms with van der Waals surface area (Å²) in [4.78, 5) is 5.45. The van der Waals surface area contributed by atoms with E-state index in [1.165, 1.54) is 11.8 Å². The van der Waals surface area contributed by atoms with E-state index in [1.807, 2.05) is 47.8 Å². The number of thiophene rings is 1. The van der Waals surface area contributed by atoms with Gasteiger partial charge in [-0.05, 0) is 23.6 Å². The van der Waals surface area contributed by atoms with Crippen LogP contribution in [-0.4, -0.2) is 38.8 Å². The molecule has 0 aliphatic heterocycles. The molecule has 1 unspecified atom stereocenters. The highest BCUT2D eigenvalue weighted by molar-refractivity contribution is 7.99. The number of aromatic nitrogens is 3. The highest BCUT2D eigenvalue weighted by atomic mass is 32.2. The number of aliphatic hydroxyl groups excluding tert-OH is 1. The van der Waals surface area contributed by atoms with Crippen molar-refractivity contribution < 1.29 is 9.84 Å². The molecule has 0 bridgehead atoms. The lowest BCUT2D eigenvalue weighted by Crippen LogP contribution is -2.20. The number of hydrogen-bond acceptors (Lipinski definition) is 6. The van der Waals surface area contributed by atoms with Crippen LogP contribution in [0.4, 0.5) is 0 Å². The summed E-state index contributed by atoms with van der Waals surface area (Å²) in [7, 11) is 0. The third-order valence-corrected chi connectivity index (χ3v) is 4.68. The molecule has 0 fully saturated rings. The van der Waals surface area contributed by atoms with E-state index >= 15 is 0 Å². The van der Waals surface area contributed by atoms with Crippen LogP contribution in [0.1, 0.15) is 0 Å². The van der Waals surface area contributed by atoms with Crippen LogP contribution in [0, 0.1) is 0 Å². The standard InChI is InChI=1S/C15H15N3O2S2/c19-11(9-20-12-5-2-1-3-6-12)10-22-15-16-14(17-18-15)13-7-4-8-21-13/h1-8,11,19H,9-10H2,(H,16,17,18). The average Bonchev–Trinajstić information content (AvgIpc) is 3.22.